The lowest BCUT2D eigenvalue weighted by molar-refractivity contribution is -0.137. The highest BCUT2D eigenvalue weighted by atomic mass is 32.2. The number of carbonyl (C=O) groups is 2. The van der Waals surface area contributed by atoms with Crippen LogP contribution in [0.3, 0.4) is 0 Å². The first-order chi connectivity index (χ1) is 17.7. The molecule has 190 valence electrons. The molecule has 3 aromatic rings. The molecule has 1 fully saturated rings. The molecule has 0 unspecified atom stereocenters. The van der Waals surface area contributed by atoms with E-state index in [1.54, 1.807) is 30.3 Å². The molecule has 5 nitrogen and oxygen atoms in total. The van der Waals surface area contributed by atoms with Crippen LogP contribution in [0.15, 0.2) is 77.7 Å². The molecular weight excluding hydrogens is 521 g/mol. The molecule has 4 rings (SSSR count). The highest BCUT2D eigenvalue weighted by Crippen LogP contribution is 2.37. The highest BCUT2D eigenvalue weighted by molar-refractivity contribution is 8.27. The minimum absolute atomic E-state index is 0.242. The molecule has 0 atom stereocenters. The molecule has 0 bridgehead atoms. The fourth-order valence-electron chi connectivity index (χ4n) is 3.59. The monoisotopic (exact) mass is 542 g/mol. The van der Waals surface area contributed by atoms with Gasteiger partial charge in [-0.15, -0.1) is 0 Å². The summed E-state index contributed by atoms with van der Waals surface area (Å²) in [7, 11) is 0. The van der Waals surface area contributed by atoms with Crippen molar-refractivity contribution in [3.05, 3.63) is 94.4 Å². The SMILES string of the molecule is CCc1ccc(N2C(=O)/C(=C/c3cccc(OCC(=O)Nc4ccccc4C(F)(F)F)c3)SC2=S)cc1. The number of rotatable bonds is 7. The summed E-state index contributed by atoms with van der Waals surface area (Å²) in [5.74, 6) is -0.663. The van der Waals surface area contributed by atoms with Gasteiger partial charge in [-0.25, -0.2) is 0 Å². The number of para-hydroxylation sites is 1. The largest absolute Gasteiger partial charge is 0.484 e. The predicted octanol–water partition coefficient (Wildman–Crippen LogP) is 6.69. The number of ether oxygens (including phenoxy) is 1. The first-order valence-corrected chi connectivity index (χ1v) is 12.4. The summed E-state index contributed by atoms with van der Waals surface area (Å²) in [5.41, 5.74) is 1.20. The highest BCUT2D eigenvalue weighted by Gasteiger charge is 2.34. The lowest BCUT2D eigenvalue weighted by atomic mass is 10.1. The molecule has 1 aliphatic rings. The van der Waals surface area contributed by atoms with Crippen LogP contribution >= 0.6 is 24.0 Å². The number of alkyl halides is 3. The fraction of sp³-hybridized carbons (Fsp3) is 0.148. The maximum Gasteiger partial charge on any atom is 0.418 e. The molecule has 1 saturated heterocycles. The van der Waals surface area contributed by atoms with E-state index in [1.807, 2.05) is 24.3 Å². The van der Waals surface area contributed by atoms with Gasteiger partial charge < -0.3 is 10.1 Å². The van der Waals surface area contributed by atoms with Gasteiger partial charge in [0.2, 0.25) is 0 Å². The van der Waals surface area contributed by atoms with Gasteiger partial charge >= 0.3 is 6.18 Å². The van der Waals surface area contributed by atoms with Gasteiger partial charge in [0.05, 0.1) is 21.8 Å². The molecule has 10 heteroatoms. The summed E-state index contributed by atoms with van der Waals surface area (Å²) in [6.45, 7) is 1.56. The van der Waals surface area contributed by atoms with E-state index in [0.717, 1.165) is 18.1 Å². The Morgan fingerprint density at radius 1 is 1.08 bits per heavy atom. The maximum absolute atomic E-state index is 13.1. The molecule has 1 aliphatic heterocycles. The quantitative estimate of drug-likeness (QED) is 0.266. The third-order valence-corrected chi connectivity index (χ3v) is 6.73. The van der Waals surface area contributed by atoms with Crippen LogP contribution in [0, 0.1) is 0 Å². The van der Waals surface area contributed by atoms with E-state index in [2.05, 4.69) is 12.2 Å². The first-order valence-electron chi connectivity index (χ1n) is 11.2. The van der Waals surface area contributed by atoms with Crippen LogP contribution in [0.5, 0.6) is 5.75 Å². The van der Waals surface area contributed by atoms with Crippen molar-refractivity contribution in [1.29, 1.82) is 0 Å². The molecule has 1 heterocycles. The predicted molar refractivity (Wildman–Crippen MR) is 143 cm³/mol. The van der Waals surface area contributed by atoms with E-state index >= 15 is 0 Å². The Morgan fingerprint density at radius 2 is 1.81 bits per heavy atom. The standard InChI is InChI=1S/C27H21F3N2O3S2/c1-2-17-10-12-19(13-11-17)32-25(34)23(37-26(32)36)15-18-6-5-7-20(14-18)35-16-24(33)31-22-9-4-3-8-21(22)27(28,29)30/h3-15H,2,16H2,1H3,(H,31,33)/b23-15-. The number of thioether (sulfide) groups is 1. The molecule has 0 spiro atoms. The van der Waals surface area contributed by atoms with E-state index in [4.69, 9.17) is 17.0 Å². The average molecular weight is 543 g/mol. The van der Waals surface area contributed by atoms with E-state index in [9.17, 15) is 22.8 Å². The van der Waals surface area contributed by atoms with E-state index in [1.165, 1.54) is 34.9 Å². The van der Waals surface area contributed by atoms with Crippen LogP contribution in [0.4, 0.5) is 24.5 Å². The number of amides is 2. The minimum Gasteiger partial charge on any atom is -0.484 e. The fourth-order valence-corrected chi connectivity index (χ4v) is 4.89. The van der Waals surface area contributed by atoms with Crippen molar-refractivity contribution in [3.63, 3.8) is 0 Å². The van der Waals surface area contributed by atoms with Crippen molar-refractivity contribution in [1.82, 2.24) is 0 Å². The van der Waals surface area contributed by atoms with Crippen molar-refractivity contribution in [3.8, 4) is 5.75 Å². The molecule has 1 N–H and O–H groups in total. The van der Waals surface area contributed by atoms with Gasteiger partial charge in [-0.1, -0.05) is 67.3 Å². The summed E-state index contributed by atoms with van der Waals surface area (Å²) in [6.07, 6.45) is -2.04. The molecule has 2 amide bonds. The number of thiocarbonyl (C=S) groups is 1. The smallest absolute Gasteiger partial charge is 0.418 e. The zero-order valence-electron chi connectivity index (χ0n) is 19.5. The summed E-state index contributed by atoms with van der Waals surface area (Å²) in [4.78, 5) is 27.2. The van der Waals surface area contributed by atoms with Gasteiger partial charge in [-0.2, -0.15) is 13.2 Å². The van der Waals surface area contributed by atoms with Gasteiger partial charge in [0.25, 0.3) is 11.8 Å². The number of nitrogens with one attached hydrogen (secondary N) is 1. The summed E-state index contributed by atoms with van der Waals surface area (Å²) >= 11 is 6.61. The lowest BCUT2D eigenvalue weighted by Gasteiger charge is -2.14. The second-order valence-corrected chi connectivity index (χ2v) is 9.67. The van der Waals surface area contributed by atoms with Gasteiger partial charge in [-0.05, 0) is 60.0 Å². The van der Waals surface area contributed by atoms with Crippen molar-refractivity contribution >= 4 is 57.6 Å². The van der Waals surface area contributed by atoms with Gasteiger partial charge in [0, 0.05) is 0 Å². The number of hydrogen-bond acceptors (Lipinski definition) is 5. The number of aryl methyl sites for hydroxylation is 1. The minimum atomic E-state index is -4.60. The Kier molecular flexibility index (Phi) is 7.99. The second kappa shape index (κ2) is 11.2. The summed E-state index contributed by atoms with van der Waals surface area (Å²) < 4.78 is 45.3. The van der Waals surface area contributed by atoms with Crippen LogP contribution in [-0.2, 0) is 22.2 Å². The van der Waals surface area contributed by atoms with Gasteiger partial charge in [0.1, 0.15) is 5.75 Å². The lowest BCUT2D eigenvalue weighted by Crippen LogP contribution is -2.27. The normalized spacial score (nSPS) is 14.8. The van der Waals surface area contributed by atoms with Crippen molar-refractivity contribution in [2.24, 2.45) is 0 Å². The third-order valence-electron chi connectivity index (χ3n) is 5.43. The molecule has 0 aromatic heterocycles. The third kappa shape index (κ3) is 6.39. The Hall–Kier alpha value is -3.63. The van der Waals surface area contributed by atoms with Crippen molar-refractivity contribution < 1.29 is 27.5 Å². The Balaban J connectivity index is 1.42. The maximum atomic E-state index is 13.1. The van der Waals surface area contributed by atoms with Crippen LogP contribution in [-0.4, -0.2) is 22.7 Å². The average Bonchev–Trinajstić information content (AvgIpc) is 3.15. The number of nitrogens with zero attached hydrogens (tertiary/aromatic N) is 1. The van der Waals surface area contributed by atoms with Crippen LogP contribution in [0.25, 0.3) is 6.08 Å². The molecule has 3 aromatic carbocycles. The second-order valence-electron chi connectivity index (χ2n) is 7.99. The number of hydrogen-bond donors (Lipinski definition) is 1. The molecule has 0 aliphatic carbocycles. The number of carbonyl (C=O) groups excluding carboxylic acids is 2. The summed E-state index contributed by atoms with van der Waals surface area (Å²) in [5, 5.41) is 2.24. The van der Waals surface area contributed by atoms with Crippen LogP contribution < -0.4 is 15.0 Å². The molecular formula is C27H21F3N2O3S2. The summed E-state index contributed by atoms with van der Waals surface area (Å²) in [6, 6.07) is 19.0. The molecule has 0 radical (unpaired) electrons. The Morgan fingerprint density at radius 3 is 2.51 bits per heavy atom. The van der Waals surface area contributed by atoms with Crippen LogP contribution in [0.1, 0.15) is 23.6 Å². The molecule has 0 saturated carbocycles. The first kappa shape index (κ1) is 26.4. The van der Waals surface area contributed by atoms with Gasteiger partial charge in [-0.3, -0.25) is 14.5 Å². The van der Waals surface area contributed by atoms with E-state index in [-0.39, 0.29) is 11.6 Å². The topological polar surface area (TPSA) is 58.6 Å². The number of benzene rings is 3. The van der Waals surface area contributed by atoms with E-state index in [0.29, 0.717) is 26.2 Å². The van der Waals surface area contributed by atoms with E-state index < -0.39 is 24.3 Å². The number of anilines is 2. The van der Waals surface area contributed by atoms with Crippen molar-refractivity contribution in [2.75, 3.05) is 16.8 Å². The van der Waals surface area contributed by atoms with Crippen molar-refractivity contribution in [2.45, 2.75) is 19.5 Å². The zero-order chi connectivity index (χ0) is 26.6. The molecule has 37 heavy (non-hydrogen) atoms. The Bertz CT molecular complexity index is 1370. The van der Waals surface area contributed by atoms with Crippen LogP contribution in [0.2, 0.25) is 0 Å². The number of halogens is 3. The Labute approximate surface area is 221 Å². The van der Waals surface area contributed by atoms with Gasteiger partial charge in [0.15, 0.2) is 10.9 Å². The zero-order valence-corrected chi connectivity index (χ0v) is 21.2.